The van der Waals surface area contributed by atoms with Crippen molar-refractivity contribution < 1.29 is 28.2 Å². The summed E-state index contributed by atoms with van der Waals surface area (Å²) in [4.78, 5) is 36.1. The number of hydrogen-bond donors (Lipinski definition) is 3. The molecule has 0 bridgehead atoms. The van der Waals surface area contributed by atoms with E-state index in [1.807, 2.05) is 6.92 Å². The molecule has 0 spiro atoms. The third-order valence-corrected chi connectivity index (χ3v) is 4.94. The van der Waals surface area contributed by atoms with Gasteiger partial charge in [-0.25, -0.2) is 9.82 Å². The SMILES string of the molecule is COc1cc(/C=N\NC(=O)C(=O)Nc2ccc(F)cc2)ccc1OCC(=O)Nc1cc(Cl)ccc1C. The number of hydrogen-bond acceptors (Lipinski definition) is 6. The van der Waals surface area contributed by atoms with E-state index in [1.54, 1.807) is 36.4 Å². The highest BCUT2D eigenvalue weighted by atomic mass is 35.5. The summed E-state index contributed by atoms with van der Waals surface area (Å²) in [5.41, 5.74) is 4.32. The second-order valence-corrected chi connectivity index (χ2v) is 7.80. The monoisotopic (exact) mass is 512 g/mol. The molecule has 0 aliphatic heterocycles. The number of anilines is 2. The fraction of sp³-hybridized carbons (Fsp3) is 0.120. The van der Waals surface area contributed by atoms with E-state index in [9.17, 15) is 18.8 Å². The number of amides is 3. The number of carbonyl (C=O) groups is 3. The molecule has 0 aromatic heterocycles. The van der Waals surface area contributed by atoms with Crippen molar-refractivity contribution in [1.82, 2.24) is 5.43 Å². The summed E-state index contributed by atoms with van der Waals surface area (Å²) >= 11 is 5.97. The maximum Gasteiger partial charge on any atom is 0.329 e. The van der Waals surface area contributed by atoms with Crippen LogP contribution < -0.4 is 25.5 Å². The quantitative estimate of drug-likeness (QED) is 0.240. The average molecular weight is 513 g/mol. The van der Waals surface area contributed by atoms with Crippen molar-refractivity contribution in [3.05, 3.63) is 82.6 Å². The summed E-state index contributed by atoms with van der Waals surface area (Å²) in [5, 5.41) is 9.30. The molecule has 0 heterocycles. The van der Waals surface area contributed by atoms with Crippen LogP contribution in [-0.4, -0.2) is 37.7 Å². The molecule has 0 unspecified atom stereocenters. The Balaban J connectivity index is 1.53. The number of benzene rings is 3. The molecule has 0 fully saturated rings. The molecule has 9 nitrogen and oxygen atoms in total. The first-order chi connectivity index (χ1) is 17.2. The van der Waals surface area contributed by atoms with Gasteiger partial charge in [-0.2, -0.15) is 5.10 Å². The minimum atomic E-state index is -1.01. The Kier molecular flexibility index (Phi) is 8.95. The van der Waals surface area contributed by atoms with Crippen molar-refractivity contribution in [3.8, 4) is 11.5 Å². The Morgan fingerprint density at radius 2 is 1.72 bits per heavy atom. The molecule has 0 radical (unpaired) electrons. The van der Waals surface area contributed by atoms with Gasteiger partial charge in [0.1, 0.15) is 5.82 Å². The number of aryl methyl sites for hydroxylation is 1. The van der Waals surface area contributed by atoms with Crippen LogP contribution in [0.3, 0.4) is 0 Å². The second-order valence-electron chi connectivity index (χ2n) is 7.37. The molecular formula is C25H22ClFN4O5. The van der Waals surface area contributed by atoms with Gasteiger partial charge in [-0.3, -0.25) is 14.4 Å². The second kappa shape index (κ2) is 12.3. The number of rotatable bonds is 8. The van der Waals surface area contributed by atoms with E-state index in [0.29, 0.717) is 27.8 Å². The molecule has 0 saturated heterocycles. The largest absolute Gasteiger partial charge is 0.493 e. The number of nitrogens with zero attached hydrogens (tertiary/aromatic N) is 1. The number of nitrogens with one attached hydrogen (secondary N) is 3. The topological polar surface area (TPSA) is 118 Å². The molecule has 11 heteroatoms. The van der Waals surface area contributed by atoms with Gasteiger partial charge in [-0.15, -0.1) is 0 Å². The molecular weight excluding hydrogens is 491 g/mol. The molecule has 0 saturated carbocycles. The molecule has 3 rings (SSSR count). The molecule has 0 aliphatic rings. The van der Waals surface area contributed by atoms with Gasteiger partial charge in [0, 0.05) is 16.4 Å². The lowest BCUT2D eigenvalue weighted by Gasteiger charge is -2.12. The number of carbonyl (C=O) groups excluding carboxylic acids is 3. The molecule has 0 aliphatic carbocycles. The van der Waals surface area contributed by atoms with Gasteiger partial charge in [-0.1, -0.05) is 17.7 Å². The fourth-order valence-electron chi connectivity index (χ4n) is 2.88. The first-order valence-corrected chi connectivity index (χ1v) is 10.9. The number of methoxy groups -OCH3 is 1. The molecule has 3 amide bonds. The average Bonchev–Trinajstić information content (AvgIpc) is 2.86. The lowest BCUT2D eigenvalue weighted by molar-refractivity contribution is -0.136. The maximum absolute atomic E-state index is 12.9. The van der Waals surface area contributed by atoms with Gasteiger partial charge in [0.2, 0.25) is 0 Å². The fourth-order valence-corrected chi connectivity index (χ4v) is 3.05. The number of halogens is 2. The van der Waals surface area contributed by atoms with Crippen molar-refractivity contribution in [2.75, 3.05) is 24.4 Å². The molecule has 186 valence electrons. The van der Waals surface area contributed by atoms with Crippen LogP contribution in [0.4, 0.5) is 15.8 Å². The molecule has 3 aromatic rings. The molecule has 0 atom stereocenters. The Hall–Kier alpha value is -4.44. The van der Waals surface area contributed by atoms with Gasteiger partial charge in [0.15, 0.2) is 18.1 Å². The Morgan fingerprint density at radius 3 is 2.44 bits per heavy atom. The van der Waals surface area contributed by atoms with Crippen LogP contribution in [0.5, 0.6) is 11.5 Å². The Morgan fingerprint density at radius 1 is 0.972 bits per heavy atom. The van der Waals surface area contributed by atoms with Crippen molar-refractivity contribution in [2.45, 2.75) is 6.92 Å². The predicted molar refractivity (Wildman–Crippen MR) is 134 cm³/mol. The number of ether oxygens (including phenoxy) is 2. The van der Waals surface area contributed by atoms with Crippen LogP contribution in [0.25, 0.3) is 0 Å². The lowest BCUT2D eigenvalue weighted by Crippen LogP contribution is -2.32. The van der Waals surface area contributed by atoms with Crippen LogP contribution in [0.2, 0.25) is 5.02 Å². The zero-order chi connectivity index (χ0) is 26.1. The standard InChI is InChI=1S/C25H22ClFN4O5/c1-15-3-5-17(26)12-20(15)30-23(32)14-36-21-10-4-16(11-22(21)35-2)13-28-31-25(34)24(33)29-19-8-6-18(27)7-9-19/h3-13H,14H2,1-2H3,(H,29,33)(H,30,32)(H,31,34)/b28-13-. The lowest BCUT2D eigenvalue weighted by atomic mass is 10.2. The van der Waals surface area contributed by atoms with Gasteiger partial charge >= 0.3 is 11.8 Å². The van der Waals surface area contributed by atoms with Crippen molar-refractivity contribution >= 4 is 46.9 Å². The van der Waals surface area contributed by atoms with Gasteiger partial charge in [0.05, 0.1) is 13.3 Å². The van der Waals surface area contributed by atoms with Crippen LogP contribution in [0, 0.1) is 12.7 Å². The van der Waals surface area contributed by atoms with Gasteiger partial charge < -0.3 is 20.1 Å². The molecule has 36 heavy (non-hydrogen) atoms. The maximum atomic E-state index is 12.9. The van der Waals surface area contributed by atoms with E-state index in [0.717, 1.165) is 17.7 Å². The van der Waals surface area contributed by atoms with Gasteiger partial charge in [0.25, 0.3) is 5.91 Å². The van der Waals surface area contributed by atoms with E-state index in [-0.39, 0.29) is 18.2 Å². The van der Waals surface area contributed by atoms with E-state index >= 15 is 0 Å². The summed E-state index contributed by atoms with van der Waals surface area (Å²) in [5.74, 6) is -2.18. The Labute approximate surface area is 211 Å². The van der Waals surface area contributed by atoms with Crippen molar-refractivity contribution in [3.63, 3.8) is 0 Å². The minimum Gasteiger partial charge on any atom is -0.493 e. The summed E-state index contributed by atoms with van der Waals surface area (Å²) in [6.07, 6.45) is 1.30. The zero-order valence-corrected chi connectivity index (χ0v) is 20.1. The van der Waals surface area contributed by atoms with Crippen LogP contribution in [0.1, 0.15) is 11.1 Å². The molecule has 3 aromatic carbocycles. The van der Waals surface area contributed by atoms with E-state index in [1.165, 1.54) is 25.5 Å². The summed E-state index contributed by atoms with van der Waals surface area (Å²) < 4.78 is 23.8. The smallest absolute Gasteiger partial charge is 0.329 e. The van der Waals surface area contributed by atoms with Crippen LogP contribution >= 0.6 is 11.6 Å². The van der Waals surface area contributed by atoms with Crippen molar-refractivity contribution in [1.29, 1.82) is 0 Å². The highest BCUT2D eigenvalue weighted by molar-refractivity contribution is 6.39. The van der Waals surface area contributed by atoms with Gasteiger partial charge in [-0.05, 0) is 72.6 Å². The first-order valence-electron chi connectivity index (χ1n) is 10.5. The first kappa shape index (κ1) is 26.2. The zero-order valence-electron chi connectivity index (χ0n) is 19.3. The van der Waals surface area contributed by atoms with E-state index in [4.69, 9.17) is 21.1 Å². The third-order valence-electron chi connectivity index (χ3n) is 4.71. The highest BCUT2D eigenvalue weighted by Crippen LogP contribution is 2.27. The van der Waals surface area contributed by atoms with Crippen molar-refractivity contribution in [2.24, 2.45) is 5.10 Å². The summed E-state index contributed by atoms with van der Waals surface area (Å²) in [7, 11) is 1.43. The highest BCUT2D eigenvalue weighted by Gasteiger charge is 2.13. The van der Waals surface area contributed by atoms with E-state index in [2.05, 4.69) is 21.2 Å². The van der Waals surface area contributed by atoms with Crippen LogP contribution in [0.15, 0.2) is 65.8 Å². The predicted octanol–water partition coefficient (Wildman–Crippen LogP) is 3.90. The van der Waals surface area contributed by atoms with Crippen LogP contribution in [-0.2, 0) is 14.4 Å². The molecule has 3 N–H and O–H groups in total. The summed E-state index contributed by atoms with van der Waals surface area (Å²) in [6.45, 7) is 1.57. The Bertz CT molecular complexity index is 1300. The summed E-state index contributed by atoms with van der Waals surface area (Å²) in [6, 6.07) is 14.9. The third kappa shape index (κ3) is 7.54. The normalized spacial score (nSPS) is 10.6. The minimum absolute atomic E-state index is 0.261. The van der Waals surface area contributed by atoms with E-state index < -0.39 is 17.6 Å². The number of hydrazone groups is 1.